The van der Waals surface area contributed by atoms with Gasteiger partial charge in [-0.2, -0.15) is 5.10 Å². The highest BCUT2D eigenvalue weighted by atomic mass is 16.5. The quantitative estimate of drug-likeness (QED) is 0.805. The van der Waals surface area contributed by atoms with Crippen molar-refractivity contribution in [3.05, 3.63) is 42.2 Å². The Morgan fingerprint density at radius 3 is 2.88 bits per heavy atom. The van der Waals surface area contributed by atoms with E-state index in [2.05, 4.69) is 20.0 Å². The molecule has 1 saturated heterocycles. The number of nitrogens with zero attached hydrogens (tertiary/aromatic N) is 6. The molecule has 8 heteroatoms. The van der Waals surface area contributed by atoms with Gasteiger partial charge in [0.15, 0.2) is 0 Å². The molecular weight excluding hydrogens is 320 g/mol. The second-order valence-electron chi connectivity index (χ2n) is 6.42. The molecule has 2 aliphatic heterocycles. The maximum absolute atomic E-state index is 13.1. The third kappa shape index (κ3) is 3.54. The minimum Gasteiger partial charge on any atom is -0.379 e. The van der Waals surface area contributed by atoms with E-state index in [9.17, 15) is 4.79 Å². The summed E-state index contributed by atoms with van der Waals surface area (Å²) in [4.78, 5) is 25.6. The van der Waals surface area contributed by atoms with Gasteiger partial charge >= 0.3 is 0 Å². The number of amides is 1. The molecule has 0 aromatic carbocycles. The summed E-state index contributed by atoms with van der Waals surface area (Å²) in [5.41, 5.74) is 1.45. The van der Waals surface area contributed by atoms with Gasteiger partial charge in [0.2, 0.25) is 0 Å². The van der Waals surface area contributed by atoms with Crippen molar-refractivity contribution >= 4 is 5.91 Å². The van der Waals surface area contributed by atoms with E-state index in [-0.39, 0.29) is 11.9 Å². The minimum absolute atomic E-state index is 0.0685. The molecule has 4 heterocycles. The number of carbonyl (C=O) groups is 1. The minimum atomic E-state index is -0.0685. The van der Waals surface area contributed by atoms with Gasteiger partial charge in [-0.1, -0.05) is 0 Å². The lowest BCUT2D eigenvalue weighted by Gasteiger charge is -2.35. The Balaban J connectivity index is 1.58. The van der Waals surface area contributed by atoms with E-state index < -0.39 is 0 Å². The summed E-state index contributed by atoms with van der Waals surface area (Å²) in [5.74, 6) is -0.0685. The van der Waals surface area contributed by atoms with Crippen molar-refractivity contribution in [2.24, 2.45) is 0 Å². The Hall–Kier alpha value is -2.32. The third-order valence-electron chi connectivity index (χ3n) is 4.87. The van der Waals surface area contributed by atoms with Gasteiger partial charge in [-0.05, 0) is 12.5 Å². The molecule has 1 atom stereocenters. The van der Waals surface area contributed by atoms with Crippen LogP contribution < -0.4 is 0 Å². The fraction of sp³-hybridized carbons (Fsp3) is 0.529. The van der Waals surface area contributed by atoms with Crippen molar-refractivity contribution in [3.8, 4) is 0 Å². The van der Waals surface area contributed by atoms with Gasteiger partial charge in [0.25, 0.3) is 5.91 Å². The summed E-state index contributed by atoms with van der Waals surface area (Å²) in [6, 6.07) is 2.10. The van der Waals surface area contributed by atoms with Crippen molar-refractivity contribution < 1.29 is 9.53 Å². The van der Waals surface area contributed by atoms with Gasteiger partial charge in [0, 0.05) is 50.8 Å². The molecule has 0 N–H and O–H groups in total. The fourth-order valence-electron chi connectivity index (χ4n) is 3.49. The third-order valence-corrected chi connectivity index (χ3v) is 4.87. The first-order chi connectivity index (χ1) is 12.3. The van der Waals surface area contributed by atoms with Crippen LogP contribution in [0.1, 0.15) is 22.6 Å². The fourth-order valence-corrected chi connectivity index (χ4v) is 3.49. The van der Waals surface area contributed by atoms with E-state index in [1.807, 2.05) is 15.6 Å². The molecule has 0 bridgehead atoms. The monoisotopic (exact) mass is 342 g/mol. The van der Waals surface area contributed by atoms with Gasteiger partial charge in [0.05, 0.1) is 31.6 Å². The van der Waals surface area contributed by atoms with Crippen LogP contribution in [-0.2, 0) is 17.8 Å². The highest BCUT2D eigenvalue weighted by molar-refractivity contribution is 5.92. The summed E-state index contributed by atoms with van der Waals surface area (Å²) in [7, 11) is 0. The lowest BCUT2D eigenvalue weighted by Crippen LogP contribution is -2.49. The standard InChI is InChI=1S/C17H22N6O2/c24-17(16-11-18-4-5-19-16)22-13-15-1-3-20-23(15)6-2-14(22)12-21-7-9-25-10-8-21/h1,3-5,11,14H,2,6-10,12-13H2. The normalized spacial score (nSPS) is 21.6. The predicted octanol–water partition coefficient (Wildman–Crippen LogP) is 0.420. The number of ether oxygens (including phenoxy) is 1. The summed E-state index contributed by atoms with van der Waals surface area (Å²) in [5, 5.41) is 4.38. The number of morpholine rings is 1. The van der Waals surface area contributed by atoms with Crippen LogP contribution in [0.25, 0.3) is 0 Å². The average molecular weight is 342 g/mol. The van der Waals surface area contributed by atoms with Crippen LogP contribution in [0.4, 0.5) is 0 Å². The number of rotatable bonds is 3. The van der Waals surface area contributed by atoms with Crippen molar-refractivity contribution in [1.29, 1.82) is 0 Å². The zero-order valence-corrected chi connectivity index (χ0v) is 14.1. The highest BCUT2D eigenvalue weighted by Gasteiger charge is 2.31. The first-order valence-electron chi connectivity index (χ1n) is 8.69. The smallest absolute Gasteiger partial charge is 0.274 e. The number of fused-ring (bicyclic) bond motifs is 1. The summed E-state index contributed by atoms with van der Waals surface area (Å²) >= 11 is 0. The van der Waals surface area contributed by atoms with Crippen LogP contribution in [-0.4, -0.2) is 74.3 Å². The van der Waals surface area contributed by atoms with Crippen LogP contribution in [0.3, 0.4) is 0 Å². The van der Waals surface area contributed by atoms with Crippen LogP contribution in [0.2, 0.25) is 0 Å². The SMILES string of the molecule is O=C(c1cnccn1)N1Cc2ccnn2CCC1CN1CCOCC1. The molecule has 0 aliphatic carbocycles. The zero-order chi connectivity index (χ0) is 17.1. The molecule has 8 nitrogen and oxygen atoms in total. The van der Waals surface area contributed by atoms with Crippen molar-refractivity contribution in [2.75, 3.05) is 32.8 Å². The molecule has 25 heavy (non-hydrogen) atoms. The molecule has 2 aromatic rings. The number of hydrogen-bond acceptors (Lipinski definition) is 6. The topological polar surface area (TPSA) is 76.4 Å². The van der Waals surface area contributed by atoms with E-state index in [4.69, 9.17) is 4.74 Å². The molecule has 1 unspecified atom stereocenters. The van der Waals surface area contributed by atoms with Gasteiger partial charge < -0.3 is 9.64 Å². The van der Waals surface area contributed by atoms with E-state index >= 15 is 0 Å². The summed E-state index contributed by atoms with van der Waals surface area (Å²) < 4.78 is 7.44. The number of aryl methyl sites for hydroxylation is 1. The maximum atomic E-state index is 13.1. The maximum Gasteiger partial charge on any atom is 0.274 e. The predicted molar refractivity (Wildman–Crippen MR) is 89.8 cm³/mol. The van der Waals surface area contributed by atoms with Gasteiger partial charge in [-0.15, -0.1) is 0 Å². The molecule has 2 aromatic heterocycles. The lowest BCUT2D eigenvalue weighted by molar-refractivity contribution is 0.0201. The Labute approximate surface area is 146 Å². The van der Waals surface area contributed by atoms with E-state index in [1.54, 1.807) is 18.6 Å². The molecular formula is C17H22N6O2. The molecule has 4 rings (SSSR count). The van der Waals surface area contributed by atoms with Crippen molar-refractivity contribution in [2.45, 2.75) is 25.6 Å². The molecule has 0 radical (unpaired) electrons. The molecule has 132 valence electrons. The largest absolute Gasteiger partial charge is 0.379 e. The number of aromatic nitrogens is 4. The van der Waals surface area contributed by atoms with Gasteiger partial charge in [0.1, 0.15) is 5.69 Å². The van der Waals surface area contributed by atoms with Crippen LogP contribution in [0.15, 0.2) is 30.9 Å². The van der Waals surface area contributed by atoms with E-state index in [1.165, 1.54) is 6.20 Å². The van der Waals surface area contributed by atoms with Gasteiger partial charge in [-0.3, -0.25) is 19.4 Å². The molecule has 1 amide bonds. The second kappa shape index (κ2) is 7.28. The molecule has 2 aliphatic rings. The van der Waals surface area contributed by atoms with Crippen LogP contribution in [0.5, 0.6) is 0 Å². The Bertz CT molecular complexity index is 713. The first kappa shape index (κ1) is 16.2. The lowest BCUT2D eigenvalue weighted by atomic mass is 10.1. The first-order valence-corrected chi connectivity index (χ1v) is 8.69. The summed E-state index contributed by atoms with van der Waals surface area (Å²) in [6.45, 7) is 5.55. The van der Waals surface area contributed by atoms with Crippen molar-refractivity contribution in [1.82, 2.24) is 29.5 Å². The molecule has 0 spiro atoms. The average Bonchev–Trinajstić information content (AvgIpc) is 3.04. The number of carbonyl (C=O) groups excluding carboxylic acids is 1. The molecule has 1 fully saturated rings. The van der Waals surface area contributed by atoms with Crippen LogP contribution >= 0.6 is 0 Å². The van der Waals surface area contributed by atoms with Crippen molar-refractivity contribution in [3.63, 3.8) is 0 Å². The van der Waals surface area contributed by atoms with Gasteiger partial charge in [-0.25, -0.2) is 4.98 Å². The van der Waals surface area contributed by atoms with E-state index in [0.717, 1.165) is 51.5 Å². The number of hydrogen-bond donors (Lipinski definition) is 0. The van der Waals surface area contributed by atoms with E-state index in [0.29, 0.717) is 12.2 Å². The highest BCUT2D eigenvalue weighted by Crippen LogP contribution is 2.20. The Morgan fingerprint density at radius 2 is 2.08 bits per heavy atom. The van der Waals surface area contributed by atoms with Crippen LogP contribution in [0, 0.1) is 0 Å². The summed E-state index contributed by atoms with van der Waals surface area (Å²) in [6.07, 6.45) is 7.35. The molecule has 0 saturated carbocycles. The Morgan fingerprint density at radius 1 is 1.20 bits per heavy atom. The Kier molecular flexibility index (Phi) is 4.71. The second-order valence-corrected chi connectivity index (χ2v) is 6.42. The zero-order valence-electron chi connectivity index (χ0n) is 14.1.